The van der Waals surface area contributed by atoms with Crippen molar-refractivity contribution < 1.29 is 4.79 Å². The van der Waals surface area contributed by atoms with Crippen molar-refractivity contribution in [1.82, 2.24) is 5.32 Å². The molecule has 3 heteroatoms. The minimum atomic E-state index is 0.290. The second-order valence-electron chi connectivity index (χ2n) is 5.20. The number of amides is 1. The molecule has 0 aliphatic carbocycles. The summed E-state index contributed by atoms with van der Waals surface area (Å²) in [7, 11) is 0. The summed E-state index contributed by atoms with van der Waals surface area (Å²) < 4.78 is 0. The lowest BCUT2D eigenvalue weighted by Crippen LogP contribution is -2.45. The lowest BCUT2D eigenvalue weighted by Gasteiger charge is -2.33. The highest BCUT2D eigenvalue weighted by Gasteiger charge is 2.34. The summed E-state index contributed by atoms with van der Waals surface area (Å²) in [6, 6.07) is 6.74. The van der Waals surface area contributed by atoms with Crippen molar-refractivity contribution in [3.8, 4) is 0 Å². The zero-order valence-electron chi connectivity index (χ0n) is 10.9. The molecule has 0 bridgehead atoms. The van der Waals surface area contributed by atoms with Crippen LogP contribution in [0, 0.1) is 0 Å². The number of para-hydroxylation sites is 1. The topological polar surface area (TPSA) is 32.3 Å². The van der Waals surface area contributed by atoms with Gasteiger partial charge in [-0.3, -0.25) is 4.79 Å². The van der Waals surface area contributed by atoms with Crippen LogP contribution in [0.1, 0.15) is 30.9 Å². The zero-order valence-corrected chi connectivity index (χ0v) is 10.9. The smallest absolute Gasteiger partial charge is 0.231 e. The molecule has 1 saturated heterocycles. The number of piperidine rings is 1. The van der Waals surface area contributed by atoms with Crippen LogP contribution < -0.4 is 10.2 Å². The highest BCUT2D eigenvalue weighted by atomic mass is 16.2. The van der Waals surface area contributed by atoms with Crippen LogP contribution in [0.15, 0.2) is 18.2 Å². The maximum atomic E-state index is 12.3. The summed E-state index contributed by atoms with van der Waals surface area (Å²) in [5.41, 5.74) is 3.76. The van der Waals surface area contributed by atoms with E-state index in [1.807, 2.05) is 0 Å². The minimum Gasteiger partial charge on any atom is -0.317 e. The fourth-order valence-corrected chi connectivity index (χ4v) is 3.21. The van der Waals surface area contributed by atoms with Crippen LogP contribution >= 0.6 is 0 Å². The number of fused-ring (bicyclic) bond motifs is 1. The van der Waals surface area contributed by atoms with Crippen molar-refractivity contribution >= 4 is 11.6 Å². The Morgan fingerprint density at radius 1 is 1.33 bits per heavy atom. The monoisotopic (exact) mass is 244 g/mol. The number of benzene rings is 1. The van der Waals surface area contributed by atoms with Gasteiger partial charge in [-0.15, -0.1) is 0 Å². The van der Waals surface area contributed by atoms with E-state index in [1.165, 1.54) is 16.8 Å². The number of anilines is 1. The van der Waals surface area contributed by atoms with E-state index in [9.17, 15) is 4.79 Å². The van der Waals surface area contributed by atoms with Gasteiger partial charge in [0.25, 0.3) is 0 Å². The molecule has 2 aliphatic heterocycles. The summed E-state index contributed by atoms with van der Waals surface area (Å²) in [6.07, 6.45) is 3.73. The summed E-state index contributed by atoms with van der Waals surface area (Å²) in [5, 5.41) is 3.37. The molecular formula is C15H20N2O. The standard InChI is InChI=1S/C15H20N2O/c1-2-11-4-3-5-12-10-14(18)17(15(11)12)13-6-8-16-9-7-13/h3-5,13,16H,2,6-10H2,1H3. The quantitative estimate of drug-likeness (QED) is 0.861. The van der Waals surface area contributed by atoms with Crippen LogP contribution in [-0.4, -0.2) is 25.0 Å². The van der Waals surface area contributed by atoms with E-state index in [1.54, 1.807) is 0 Å². The third-order valence-electron chi connectivity index (χ3n) is 4.11. The molecule has 1 aromatic rings. The summed E-state index contributed by atoms with van der Waals surface area (Å²) in [4.78, 5) is 14.4. The van der Waals surface area contributed by atoms with Gasteiger partial charge in [-0.05, 0) is 43.5 Å². The van der Waals surface area contributed by atoms with Crippen LogP contribution in [-0.2, 0) is 17.6 Å². The molecule has 1 fully saturated rings. The predicted molar refractivity (Wildman–Crippen MR) is 72.9 cm³/mol. The molecule has 1 N–H and O–H groups in total. The molecule has 0 unspecified atom stereocenters. The first kappa shape index (κ1) is 11.7. The molecule has 18 heavy (non-hydrogen) atoms. The first-order valence-electron chi connectivity index (χ1n) is 6.94. The molecular weight excluding hydrogens is 224 g/mol. The van der Waals surface area contributed by atoms with Gasteiger partial charge in [0, 0.05) is 6.04 Å². The number of rotatable bonds is 2. The van der Waals surface area contributed by atoms with Gasteiger partial charge in [0.2, 0.25) is 5.91 Å². The minimum absolute atomic E-state index is 0.290. The van der Waals surface area contributed by atoms with Crippen LogP contribution in [0.5, 0.6) is 0 Å². The largest absolute Gasteiger partial charge is 0.317 e. The van der Waals surface area contributed by atoms with Gasteiger partial charge in [0.1, 0.15) is 0 Å². The third-order valence-corrected chi connectivity index (χ3v) is 4.11. The fraction of sp³-hybridized carbons (Fsp3) is 0.533. The first-order chi connectivity index (χ1) is 8.81. The molecule has 3 nitrogen and oxygen atoms in total. The second-order valence-corrected chi connectivity index (χ2v) is 5.20. The maximum absolute atomic E-state index is 12.3. The molecule has 3 rings (SSSR count). The molecule has 0 saturated carbocycles. The Balaban J connectivity index is 1.99. The molecule has 0 atom stereocenters. The van der Waals surface area contributed by atoms with Crippen LogP contribution in [0.4, 0.5) is 5.69 Å². The molecule has 1 amide bonds. The molecule has 0 aromatic heterocycles. The van der Waals surface area contributed by atoms with Crippen LogP contribution in [0.25, 0.3) is 0 Å². The van der Waals surface area contributed by atoms with Gasteiger partial charge < -0.3 is 10.2 Å². The highest BCUT2D eigenvalue weighted by molar-refractivity contribution is 6.02. The van der Waals surface area contributed by atoms with Crippen molar-refractivity contribution in [2.45, 2.75) is 38.6 Å². The molecule has 2 aliphatic rings. The Morgan fingerprint density at radius 2 is 2.11 bits per heavy atom. The van der Waals surface area contributed by atoms with E-state index in [2.05, 4.69) is 35.3 Å². The number of hydrogen-bond donors (Lipinski definition) is 1. The Morgan fingerprint density at radius 3 is 2.83 bits per heavy atom. The Bertz CT molecular complexity index is 464. The summed E-state index contributed by atoms with van der Waals surface area (Å²) in [6.45, 7) is 4.22. The molecule has 2 heterocycles. The average molecular weight is 244 g/mol. The van der Waals surface area contributed by atoms with Crippen molar-refractivity contribution in [2.24, 2.45) is 0 Å². The number of carbonyl (C=O) groups is 1. The maximum Gasteiger partial charge on any atom is 0.231 e. The third kappa shape index (κ3) is 1.83. The van der Waals surface area contributed by atoms with E-state index >= 15 is 0 Å². The Labute approximate surface area is 108 Å². The lowest BCUT2D eigenvalue weighted by molar-refractivity contribution is -0.117. The van der Waals surface area contributed by atoms with Gasteiger partial charge in [0.15, 0.2) is 0 Å². The molecule has 0 radical (unpaired) electrons. The number of nitrogens with one attached hydrogen (secondary N) is 1. The van der Waals surface area contributed by atoms with Gasteiger partial charge in [-0.1, -0.05) is 25.1 Å². The van der Waals surface area contributed by atoms with Crippen molar-refractivity contribution in [3.05, 3.63) is 29.3 Å². The van der Waals surface area contributed by atoms with E-state index in [0.29, 0.717) is 12.5 Å². The number of carbonyl (C=O) groups excluding carboxylic acids is 1. The van der Waals surface area contributed by atoms with E-state index in [-0.39, 0.29) is 5.91 Å². The Hall–Kier alpha value is -1.35. The van der Waals surface area contributed by atoms with Gasteiger partial charge in [0.05, 0.1) is 12.1 Å². The first-order valence-corrected chi connectivity index (χ1v) is 6.94. The molecule has 96 valence electrons. The lowest BCUT2D eigenvalue weighted by atomic mass is 10.0. The molecule has 0 spiro atoms. The van der Waals surface area contributed by atoms with Crippen molar-refractivity contribution in [1.29, 1.82) is 0 Å². The second kappa shape index (κ2) is 4.73. The molecule has 1 aromatic carbocycles. The van der Waals surface area contributed by atoms with E-state index in [4.69, 9.17) is 0 Å². The number of hydrogen-bond acceptors (Lipinski definition) is 2. The van der Waals surface area contributed by atoms with Crippen LogP contribution in [0.2, 0.25) is 0 Å². The zero-order chi connectivity index (χ0) is 12.5. The van der Waals surface area contributed by atoms with Crippen LogP contribution in [0.3, 0.4) is 0 Å². The summed E-state index contributed by atoms with van der Waals surface area (Å²) in [5.74, 6) is 0.290. The average Bonchev–Trinajstić information content (AvgIpc) is 2.75. The predicted octanol–water partition coefficient (Wildman–Crippen LogP) is 1.89. The van der Waals surface area contributed by atoms with E-state index in [0.717, 1.165) is 32.4 Å². The van der Waals surface area contributed by atoms with E-state index < -0.39 is 0 Å². The Kier molecular flexibility index (Phi) is 3.08. The number of nitrogens with zero attached hydrogens (tertiary/aromatic N) is 1. The number of aryl methyl sites for hydroxylation is 1. The summed E-state index contributed by atoms with van der Waals surface area (Å²) >= 11 is 0. The SMILES string of the molecule is CCc1cccc2c1N(C1CCNCC1)C(=O)C2. The van der Waals surface area contributed by atoms with Crippen molar-refractivity contribution in [3.63, 3.8) is 0 Å². The highest BCUT2D eigenvalue weighted by Crippen LogP contribution is 2.36. The van der Waals surface area contributed by atoms with Gasteiger partial charge >= 0.3 is 0 Å². The van der Waals surface area contributed by atoms with Gasteiger partial charge in [-0.25, -0.2) is 0 Å². The van der Waals surface area contributed by atoms with Crippen molar-refractivity contribution in [2.75, 3.05) is 18.0 Å². The normalized spacial score (nSPS) is 20.3. The fourth-order valence-electron chi connectivity index (χ4n) is 3.21. The van der Waals surface area contributed by atoms with Gasteiger partial charge in [-0.2, -0.15) is 0 Å².